The van der Waals surface area contributed by atoms with Crippen molar-refractivity contribution in [1.29, 1.82) is 0 Å². The van der Waals surface area contributed by atoms with E-state index in [1.54, 1.807) is 0 Å². The molecule has 0 aliphatic heterocycles. The number of para-hydroxylation sites is 1. The summed E-state index contributed by atoms with van der Waals surface area (Å²) in [6.07, 6.45) is 2.10. The monoisotopic (exact) mass is 215 g/mol. The van der Waals surface area contributed by atoms with Crippen molar-refractivity contribution in [2.45, 2.75) is 27.7 Å². The highest BCUT2D eigenvalue weighted by atomic mass is 15.4. The van der Waals surface area contributed by atoms with Gasteiger partial charge in [0.15, 0.2) is 0 Å². The van der Waals surface area contributed by atoms with Gasteiger partial charge >= 0.3 is 0 Å². The Bertz CT molecular complexity index is 529. The molecule has 0 radical (unpaired) electrons. The standard InChI is InChI=1S/C13H17N3/c1-5-12(13(2,3)4)16-11-9-7-6-8-10(11)14-15-16/h5-9H,1-4H3/b12-5-. The average Bonchev–Trinajstić information content (AvgIpc) is 2.61. The zero-order valence-electron chi connectivity index (χ0n) is 10.2. The van der Waals surface area contributed by atoms with Crippen molar-refractivity contribution >= 4 is 16.7 Å². The molecule has 84 valence electrons. The van der Waals surface area contributed by atoms with Gasteiger partial charge in [-0.05, 0) is 19.1 Å². The summed E-state index contributed by atoms with van der Waals surface area (Å²) < 4.78 is 1.93. The predicted octanol–water partition coefficient (Wildman–Crippen LogP) is 3.34. The van der Waals surface area contributed by atoms with Gasteiger partial charge in [-0.3, -0.25) is 0 Å². The van der Waals surface area contributed by atoms with Crippen LogP contribution in [0.4, 0.5) is 0 Å². The topological polar surface area (TPSA) is 30.7 Å². The van der Waals surface area contributed by atoms with Gasteiger partial charge in [0.25, 0.3) is 0 Å². The molecule has 16 heavy (non-hydrogen) atoms. The van der Waals surface area contributed by atoms with E-state index in [9.17, 15) is 0 Å². The molecular formula is C13H17N3. The first-order chi connectivity index (χ1) is 7.54. The van der Waals surface area contributed by atoms with Gasteiger partial charge < -0.3 is 0 Å². The van der Waals surface area contributed by atoms with Crippen LogP contribution in [0.3, 0.4) is 0 Å². The molecule has 0 unspecified atom stereocenters. The fourth-order valence-corrected chi connectivity index (χ4v) is 1.92. The van der Waals surface area contributed by atoms with Gasteiger partial charge in [-0.1, -0.05) is 44.2 Å². The van der Waals surface area contributed by atoms with E-state index < -0.39 is 0 Å². The second kappa shape index (κ2) is 3.74. The molecule has 3 heteroatoms. The molecular weight excluding hydrogens is 198 g/mol. The number of fused-ring (bicyclic) bond motifs is 1. The van der Waals surface area contributed by atoms with E-state index in [1.165, 1.54) is 5.70 Å². The van der Waals surface area contributed by atoms with Gasteiger partial charge in [0, 0.05) is 11.1 Å². The van der Waals surface area contributed by atoms with E-state index in [1.807, 2.05) is 35.9 Å². The Kier molecular flexibility index (Phi) is 2.54. The molecule has 0 N–H and O–H groups in total. The molecule has 2 rings (SSSR count). The summed E-state index contributed by atoms with van der Waals surface area (Å²) in [7, 11) is 0. The molecule has 0 atom stereocenters. The maximum atomic E-state index is 4.23. The van der Waals surface area contributed by atoms with Crippen LogP contribution < -0.4 is 0 Å². The van der Waals surface area contributed by atoms with Crippen LogP contribution in [0.15, 0.2) is 30.3 Å². The van der Waals surface area contributed by atoms with Crippen LogP contribution in [0.2, 0.25) is 0 Å². The first kappa shape index (κ1) is 10.9. The smallest absolute Gasteiger partial charge is 0.113 e. The Balaban J connectivity index is 2.64. The maximum absolute atomic E-state index is 4.23. The van der Waals surface area contributed by atoms with Crippen LogP contribution in [0.25, 0.3) is 16.7 Å². The Hall–Kier alpha value is -1.64. The number of hydrogen-bond acceptors (Lipinski definition) is 2. The third-order valence-electron chi connectivity index (χ3n) is 2.62. The number of aromatic nitrogens is 3. The third-order valence-corrected chi connectivity index (χ3v) is 2.62. The van der Waals surface area contributed by atoms with E-state index in [4.69, 9.17) is 0 Å². The molecule has 1 aromatic carbocycles. The maximum Gasteiger partial charge on any atom is 0.113 e. The average molecular weight is 215 g/mol. The number of hydrogen-bond donors (Lipinski definition) is 0. The summed E-state index contributed by atoms with van der Waals surface area (Å²) in [6, 6.07) is 8.02. The zero-order valence-corrected chi connectivity index (χ0v) is 10.2. The van der Waals surface area contributed by atoms with E-state index in [0.29, 0.717) is 0 Å². The van der Waals surface area contributed by atoms with Crippen LogP contribution in [0.1, 0.15) is 27.7 Å². The lowest BCUT2D eigenvalue weighted by molar-refractivity contribution is 0.526. The first-order valence-electron chi connectivity index (χ1n) is 5.51. The molecule has 0 bridgehead atoms. The van der Waals surface area contributed by atoms with E-state index >= 15 is 0 Å². The summed E-state index contributed by atoms with van der Waals surface area (Å²) in [4.78, 5) is 0. The SMILES string of the molecule is C/C=C(\n1nnc2ccccc21)C(C)(C)C. The van der Waals surface area contributed by atoms with Crippen LogP contribution in [-0.2, 0) is 0 Å². The number of rotatable bonds is 1. The lowest BCUT2D eigenvalue weighted by Crippen LogP contribution is -2.15. The van der Waals surface area contributed by atoms with Gasteiger partial charge in [-0.2, -0.15) is 0 Å². The number of nitrogens with zero attached hydrogens (tertiary/aromatic N) is 3. The summed E-state index contributed by atoms with van der Waals surface area (Å²) in [5.41, 5.74) is 3.23. The first-order valence-corrected chi connectivity index (χ1v) is 5.51. The minimum atomic E-state index is 0.0607. The fourth-order valence-electron chi connectivity index (χ4n) is 1.92. The molecule has 1 aromatic heterocycles. The molecule has 0 fully saturated rings. The van der Waals surface area contributed by atoms with E-state index in [0.717, 1.165) is 11.0 Å². The predicted molar refractivity (Wildman–Crippen MR) is 66.9 cm³/mol. The minimum Gasteiger partial charge on any atom is -0.217 e. The second-order valence-corrected chi connectivity index (χ2v) is 4.91. The quantitative estimate of drug-likeness (QED) is 0.730. The summed E-state index contributed by atoms with van der Waals surface area (Å²) in [6.45, 7) is 8.58. The molecule has 2 aromatic rings. The van der Waals surface area contributed by atoms with E-state index in [-0.39, 0.29) is 5.41 Å². The fraction of sp³-hybridized carbons (Fsp3) is 0.385. The van der Waals surface area contributed by atoms with Crippen molar-refractivity contribution in [1.82, 2.24) is 15.0 Å². The Morgan fingerprint density at radius 2 is 1.94 bits per heavy atom. The van der Waals surface area contributed by atoms with Crippen molar-refractivity contribution in [3.63, 3.8) is 0 Å². The highest BCUT2D eigenvalue weighted by molar-refractivity contribution is 5.78. The summed E-state index contributed by atoms with van der Waals surface area (Å²) in [5.74, 6) is 0. The third kappa shape index (κ3) is 1.73. The molecule has 0 amide bonds. The number of benzene rings is 1. The van der Waals surface area contributed by atoms with Gasteiger partial charge in [0.05, 0.1) is 5.52 Å². The molecule has 1 heterocycles. The van der Waals surface area contributed by atoms with Crippen LogP contribution >= 0.6 is 0 Å². The molecule has 0 spiro atoms. The van der Waals surface area contributed by atoms with Crippen molar-refractivity contribution in [3.8, 4) is 0 Å². The van der Waals surface area contributed by atoms with Gasteiger partial charge in [0.1, 0.15) is 5.52 Å². The van der Waals surface area contributed by atoms with Crippen LogP contribution in [-0.4, -0.2) is 15.0 Å². The Labute approximate surface area is 95.8 Å². The molecule has 0 aliphatic rings. The molecule has 0 saturated carbocycles. The molecule has 0 aliphatic carbocycles. The highest BCUT2D eigenvalue weighted by Gasteiger charge is 2.20. The van der Waals surface area contributed by atoms with Crippen LogP contribution in [0.5, 0.6) is 0 Å². The second-order valence-electron chi connectivity index (χ2n) is 4.91. The van der Waals surface area contributed by atoms with E-state index in [2.05, 4.69) is 37.2 Å². The van der Waals surface area contributed by atoms with Crippen LogP contribution in [0, 0.1) is 5.41 Å². The van der Waals surface area contributed by atoms with Crippen molar-refractivity contribution in [2.75, 3.05) is 0 Å². The summed E-state index contributed by atoms with van der Waals surface area (Å²) >= 11 is 0. The highest BCUT2D eigenvalue weighted by Crippen LogP contribution is 2.30. The van der Waals surface area contributed by atoms with Crippen molar-refractivity contribution in [3.05, 3.63) is 30.3 Å². The largest absolute Gasteiger partial charge is 0.217 e. The molecule has 0 saturated heterocycles. The van der Waals surface area contributed by atoms with Crippen molar-refractivity contribution in [2.24, 2.45) is 5.41 Å². The van der Waals surface area contributed by atoms with Gasteiger partial charge in [-0.25, -0.2) is 4.68 Å². The lowest BCUT2D eigenvalue weighted by Gasteiger charge is -2.22. The zero-order chi connectivity index (χ0) is 11.8. The Morgan fingerprint density at radius 1 is 1.25 bits per heavy atom. The normalized spacial score (nSPS) is 13.4. The lowest BCUT2D eigenvalue weighted by atomic mass is 9.91. The van der Waals surface area contributed by atoms with Gasteiger partial charge in [-0.15, -0.1) is 5.10 Å². The summed E-state index contributed by atoms with van der Waals surface area (Å²) in [5, 5.41) is 8.40. The Morgan fingerprint density at radius 3 is 2.56 bits per heavy atom. The minimum absolute atomic E-state index is 0.0607. The van der Waals surface area contributed by atoms with Crippen molar-refractivity contribution < 1.29 is 0 Å². The molecule has 3 nitrogen and oxygen atoms in total. The van der Waals surface area contributed by atoms with Gasteiger partial charge in [0.2, 0.25) is 0 Å². The number of allylic oxidation sites excluding steroid dienone is 2.